The number of amides is 2. The van der Waals surface area contributed by atoms with Gasteiger partial charge in [0.15, 0.2) is 0 Å². The van der Waals surface area contributed by atoms with Gasteiger partial charge in [-0.1, -0.05) is 15.9 Å². The first-order chi connectivity index (χ1) is 13.4. The van der Waals surface area contributed by atoms with E-state index in [9.17, 15) is 18.0 Å². The second-order valence-corrected chi connectivity index (χ2v) is 7.33. The molecule has 144 valence electrons. The van der Waals surface area contributed by atoms with E-state index in [1.807, 2.05) is 0 Å². The molecular formula is C19H14BrF3N4O. The molecule has 1 aliphatic heterocycles. The molecule has 0 aliphatic carbocycles. The number of carbonyl (C=O) groups excluding carboxylic acids is 1. The van der Waals surface area contributed by atoms with Crippen LogP contribution < -0.4 is 10.6 Å². The lowest BCUT2D eigenvalue weighted by atomic mass is 9.92. The number of hydrogen-bond acceptors (Lipinski definition) is 2. The van der Waals surface area contributed by atoms with Gasteiger partial charge >= 0.3 is 6.03 Å². The number of anilines is 1. The number of aromatic nitrogens is 2. The van der Waals surface area contributed by atoms with Crippen molar-refractivity contribution in [3.8, 4) is 0 Å². The summed E-state index contributed by atoms with van der Waals surface area (Å²) < 4.78 is 44.1. The molecule has 0 radical (unpaired) electrons. The maximum atomic E-state index is 14.5. The second-order valence-electron chi connectivity index (χ2n) is 6.41. The maximum Gasteiger partial charge on any atom is 0.319 e. The third-order valence-electron chi connectivity index (χ3n) is 4.62. The summed E-state index contributed by atoms with van der Waals surface area (Å²) in [5.41, 5.74) is 0.276. The summed E-state index contributed by atoms with van der Waals surface area (Å²) in [5.74, 6) is -2.00. The molecule has 3 aromatic rings. The predicted octanol–water partition coefficient (Wildman–Crippen LogP) is 4.72. The minimum absolute atomic E-state index is 0.110. The fourth-order valence-corrected chi connectivity index (χ4v) is 3.83. The highest BCUT2D eigenvalue weighted by Crippen LogP contribution is 2.40. The SMILES string of the molecule is O=C(Nc1ccc(F)cc1)N[C@@H]1c2nccn2C[C@H]1c1c(F)cc(Br)cc1F. The first kappa shape index (κ1) is 18.5. The topological polar surface area (TPSA) is 59.0 Å². The van der Waals surface area contributed by atoms with E-state index in [-0.39, 0.29) is 12.1 Å². The lowest BCUT2D eigenvalue weighted by Crippen LogP contribution is -2.35. The highest BCUT2D eigenvalue weighted by Gasteiger charge is 2.39. The Bertz CT molecular complexity index is 1010. The number of nitrogens with zero attached hydrogens (tertiary/aromatic N) is 2. The zero-order valence-corrected chi connectivity index (χ0v) is 15.9. The third-order valence-corrected chi connectivity index (χ3v) is 5.08. The van der Waals surface area contributed by atoms with Gasteiger partial charge in [-0.3, -0.25) is 0 Å². The zero-order chi connectivity index (χ0) is 19.8. The summed E-state index contributed by atoms with van der Waals surface area (Å²) in [5, 5.41) is 5.31. The number of imidazole rings is 1. The van der Waals surface area contributed by atoms with Crippen molar-refractivity contribution in [3.05, 3.63) is 82.1 Å². The summed E-state index contributed by atoms with van der Waals surface area (Å²) in [7, 11) is 0. The van der Waals surface area contributed by atoms with Crippen molar-refractivity contribution >= 4 is 27.6 Å². The highest BCUT2D eigenvalue weighted by atomic mass is 79.9. The molecule has 0 saturated carbocycles. The molecule has 4 rings (SSSR count). The molecule has 1 aliphatic rings. The normalized spacial score (nSPS) is 18.0. The Kier molecular flexibility index (Phi) is 4.84. The van der Waals surface area contributed by atoms with Gasteiger partial charge in [0.25, 0.3) is 0 Å². The van der Waals surface area contributed by atoms with Crippen LogP contribution in [0.5, 0.6) is 0 Å². The van der Waals surface area contributed by atoms with Crippen molar-refractivity contribution in [2.45, 2.75) is 18.5 Å². The maximum absolute atomic E-state index is 14.5. The van der Waals surface area contributed by atoms with Crippen LogP contribution in [0.4, 0.5) is 23.7 Å². The van der Waals surface area contributed by atoms with E-state index in [0.717, 1.165) is 0 Å². The van der Waals surface area contributed by atoms with Crippen LogP contribution in [0.15, 0.2) is 53.3 Å². The summed E-state index contributed by atoms with van der Waals surface area (Å²) >= 11 is 3.07. The van der Waals surface area contributed by atoms with E-state index < -0.39 is 35.4 Å². The van der Waals surface area contributed by atoms with Crippen LogP contribution in [-0.4, -0.2) is 15.6 Å². The number of urea groups is 1. The molecule has 2 amide bonds. The van der Waals surface area contributed by atoms with Crippen molar-refractivity contribution < 1.29 is 18.0 Å². The molecule has 0 saturated heterocycles. The molecule has 0 fully saturated rings. The minimum Gasteiger partial charge on any atom is -0.332 e. The molecule has 9 heteroatoms. The van der Waals surface area contributed by atoms with Crippen molar-refractivity contribution in [3.63, 3.8) is 0 Å². The van der Waals surface area contributed by atoms with E-state index >= 15 is 0 Å². The summed E-state index contributed by atoms with van der Waals surface area (Å²) in [4.78, 5) is 16.7. The van der Waals surface area contributed by atoms with Gasteiger partial charge in [-0.2, -0.15) is 0 Å². The Morgan fingerprint density at radius 2 is 1.82 bits per heavy atom. The van der Waals surface area contributed by atoms with Crippen LogP contribution in [0.2, 0.25) is 0 Å². The number of nitrogens with one attached hydrogen (secondary N) is 2. The van der Waals surface area contributed by atoms with Crippen LogP contribution in [-0.2, 0) is 6.54 Å². The molecule has 2 heterocycles. The van der Waals surface area contributed by atoms with Crippen molar-refractivity contribution in [1.29, 1.82) is 0 Å². The molecule has 28 heavy (non-hydrogen) atoms. The first-order valence-electron chi connectivity index (χ1n) is 8.41. The largest absolute Gasteiger partial charge is 0.332 e. The van der Waals surface area contributed by atoms with E-state index in [4.69, 9.17) is 0 Å². The van der Waals surface area contributed by atoms with E-state index in [0.29, 0.717) is 16.0 Å². The molecular weight excluding hydrogens is 437 g/mol. The van der Waals surface area contributed by atoms with Crippen LogP contribution in [0, 0.1) is 17.5 Å². The summed E-state index contributed by atoms with van der Waals surface area (Å²) in [6, 6.07) is 6.31. The average Bonchev–Trinajstić information content (AvgIpc) is 3.19. The fourth-order valence-electron chi connectivity index (χ4n) is 3.42. The van der Waals surface area contributed by atoms with Crippen LogP contribution in [0.25, 0.3) is 0 Å². The number of rotatable bonds is 3. The predicted molar refractivity (Wildman–Crippen MR) is 100 cm³/mol. The number of benzene rings is 2. The van der Waals surface area contributed by atoms with E-state index in [2.05, 4.69) is 31.5 Å². The van der Waals surface area contributed by atoms with E-state index in [1.54, 1.807) is 17.0 Å². The average molecular weight is 451 g/mol. The molecule has 2 atom stereocenters. The van der Waals surface area contributed by atoms with Crippen molar-refractivity contribution in [2.24, 2.45) is 0 Å². The lowest BCUT2D eigenvalue weighted by Gasteiger charge is -2.22. The highest BCUT2D eigenvalue weighted by molar-refractivity contribution is 9.10. The van der Waals surface area contributed by atoms with Crippen LogP contribution in [0.3, 0.4) is 0 Å². The smallest absolute Gasteiger partial charge is 0.319 e. The molecule has 0 unspecified atom stereocenters. The Labute approximate surface area is 166 Å². The molecule has 0 bridgehead atoms. The van der Waals surface area contributed by atoms with Crippen molar-refractivity contribution in [2.75, 3.05) is 5.32 Å². The zero-order valence-electron chi connectivity index (χ0n) is 14.3. The monoisotopic (exact) mass is 450 g/mol. The number of fused-ring (bicyclic) bond motifs is 1. The van der Waals surface area contributed by atoms with Gasteiger partial charge in [0.1, 0.15) is 23.3 Å². The summed E-state index contributed by atoms with van der Waals surface area (Å²) in [6.45, 7) is 0.270. The minimum atomic E-state index is -0.736. The van der Waals surface area contributed by atoms with Gasteiger partial charge < -0.3 is 15.2 Å². The number of hydrogen-bond donors (Lipinski definition) is 2. The fraction of sp³-hybridized carbons (Fsp3) is 0.158. The van der Waals surface area contributed by atoms with Gasteiger partial charge in [0, 0.05) is 40.6 Å². The Hall–Kier alpha value is -2.81. The summed E-state index contributed by atoms with van der Waals surface area (Å²) in [6.07, 6.45) is 3.25. The molecule has 2 N–H and O–H groups in total. The van der Waals surface area contributed by atoms with Gasteiger partial charge in [0.2, 0.25) is 0 Å². The molecule has 0 spiro atoms. The van der Waals surface area contributed by atoms with Crippen LogP contribution in [0.1, 0.15) is 23.3 Å². The van der Waals surface area contributed by atoms with Crippen molar-refractivity contribution in [1.82, 2.24) is 14.9 Å². The third kappa shape index (κ3) is 3.49. The van der Waals surface area contributed by atoms with Crippen LogP contribution >= 0.6 is 15.9 Å². The second kappa shape index (κ2) is 7.31. The Morgan fingerprint density at radius 3 is 2.50 bits per heavy atom. The lowest BCUT2D eigenvalue weighted by molar-refractivity contribution is 0.246. The van der Waals surface area contributed by atoms with Gasteiger partial charge in [-0.25, -0.2) is 22.9 Å². The molecule has 2 aromatic carbocycles. The quantitative estimate of drug-likeness (QED) is 0.606. The Morgan fingerprint density at radius 1 is 1.14 bits per heavy atom. The standard InChI is InChI=1S/C19H14BrF3N4O/c20-10-7-14(22)16(15(23)8-10)13-9-27-6-5-24-18(27)17(13)26-19(28)25-12-3-1-11(21)2-4-12/h1-8,13,17H,9H2,(H2,25,26,28)/t13-,17-/m0/s1. The van der Waals surface area contributed by atoms with Gasteiger partial charge in [-0.05, 0) is 36.4 Å². The number of carbonyl (C=O) groups is 1. The number of halogens is 4. The molecule has 1 aromatic heterocycles. The molecule has 5 nitrogen and oxygen atoms in total. The Balaban J connectivity index is 1.61. The van der Waals surface area contributed by atoms with Gasteiger partial charge in [0.05, 0.1) is 6.04 Å². The first-order valence-corrected chi connectivity index (χ1v) is 9.20. The van der Waals surface area contributed by atoms with Gasteiger partial charge in [-0.15, -0.1) is 0 Å². The van der Waals surface area contributed by atoms with E-state index in [1.165, 1.54) is 36.4 Å².